The van der Waals surface area contributed by atoms with Gasteiger partial charge >= 0.3 is 0 Å². The fourth-order valence-electron chi connectivity index (χ4n) is 4.89. The van der Waals surface area contributed by atoms with Crippen molar-refractivity contribution in [2.24, 2.45) is 5.92 Å². The Bertz CT molecular complexity index is 820. The quantitative estimate of drug-likeness (QED) is 0.711. The number of nitrogens with zero attached hydrogens (tertiary/aromatic N) is 2. The molecule has 30 heavy (non-hydrogen) atoms. The number of pyridine rings is 1. The Balaban J connectivity index is 1.36. The van der Waals surface area contributed by atoms with Gasteiger partial charge in [-0.2, -0.15) is 0 Å². The van der Waals surface area contributed by atoms with E-state index in [4.69, 9.17) is 4.74 Å². The minimum Gasteiger partial charge on any atom is -0.376 e. The maximum absolute atomic E-state index is 12.8. The number of hydrogen-bond donors (Lipinski definition) is 1. The number of likely N-dealkylation sites (tertiary alicyclic amines) is 1. The van der Waals surface area contributed by atoms with Crippen molar-refractivity contribution in [3.8, 4) is 0 Å². The zero-order valence-electron chi connectivity index (χ0n) is 17.7. The molecule has 166 valence electrons. The molecule has 2 unspecified atom stereocenters. The summed E-state index contributed by atoms with van der Waals surface area (Å²) < 4.78 is 32.8. The van der Waals surface area contributed by atoms with E-state index < -0.39 is 10.0 Å². The Kier molecular flexibility index (Phi) is 6.75. The highest BCUT2D eigenvalue weighted by molar-refractivity contribution is 7.88. The first-order valence-electron chi connectivity index (χ1n) is 11.2. The molecule has 8 heteroatoms. The number of piperidine rings is 1. The third-order valence-corrected chi connectivity index (χ3v) is 7.37. The normalized spacial score (nSPS) is 30.2. The lowest BCUT2D eigenvalue weighted by molar-refractivity contribution is -0.139. The summed E-state index contributed by atoms with van der Waals surface area (Å²) in [4.78, 5) is 19.2. The molecule has 1 N–H and O–H groups in total. The van der Waals surface area contributed by atoms with E-state index in [0.29, 0.717) is 19.1 Å². The Morgan fingerprint density at radius 2 is 1.93 bits per heavy atom. The Hall–Kier alpha value is -1.51. The highest BCUT2D eigenvalue weighted by Gasteiger charge is 2.41. The largest absolute Gasteiger partial charge is 0.376 e. The number of amides is 1. The van der Waals surface area contributed by atoms with Gasteiger partial charge in [0.15, 0.2) is 0 Å². The van der Waals surface area contributed by atoms with Crippen LogP contribution in [0.25, 0.3) is 0 Å². The first kappa shape index (κ1) is 21.7. The predicted molar refractivity (Wildman–Crippen MR) is 114 cm³/mol. The third-order valence-electron chi connectivity index (χ3n) is 6.64. The summed E-state index contributed by atoms with van der Waals surface area (Å²) in [6.45, 7) is 1.09. The van der Waals surface area contributed by atoms with E-state index in [0.717, 1.165) is 57.1 Å². The van der Waals surface area contributed by atoms with Gasteiger partial charge in [0.05, 0.1) is 25.0 Å². The Labute approximate surface area is 179 Å². The van der Waals surface area contributed by atoms with E-state index in [2.05, 4.69) is 15.8 Å². The maximum Gasteiger partial charge on any atom is 0.226 e. The van der Waals surface area contributed by atoms with Crippen LogP contribution in [0.5, 0.6) is 0 Å². The highest BCUT2D eigenvalue weighted by atomic mass is 32.2. The lowest BCUT2D eigenvalue weighted by Gasteiger charge is -2.42. The molecule has 7 nitrogen and oxygen atoms in total. The molecular weight excluding hydrogens is 402 g/mol. The summed E-state index contributed by atoms with van der Waals surface area (Å²) in [5.41, 5.74) is 1.15. The van der Waals surface area contributed by atoms with E-state index in [1.54, 1.807) is 0 Å². The summed E-state index contributed by atoms with van der Waals surface area (Å²) in [7, 11) is -3.34. The van der Waals surface area contributed by atoms with Crippen LogP contribution in [0, 0.1) is 5.92 Å². The van der Waals surface area contributed by atoms with E-state index in [1.807, 2.05) is 23.2 Å². The van der Waals surface area contributed by atoms with Gasteiger partial charge in [0.1, 0.15) is 0 Å². The first-order chi connectivity index (χ1) is 14.4. The summed E-state index contributed by atoms with van der Waals surface area (Å²) in [6, 6.07) is 5.57. The Morgan fingerprint density at radius 1 is 1.17 bits per heavy atom. The van der Waals surface area contributed by atoms with Crippen LogP contribution in [0.15, 0.2) is 24.4 Å². The molecule has 2 aliphatic carbocycles. The minimum absolute atomic E-state index is 0.123. The Morgan fingerprint density at radius 3 is 2.57 bits per heavy atom. The second-order valence-electron chi connectivity index (χ2n) is 9.07. The summed E-state index contributed by atoms with van der Waals surface area (Å²) in [6.07, 6.45) is 10.7. The van der Waals surface area contributed by atoms with Crippen LogP contribution < -0.4 is 4.72 Å². The standard InChI is InChI=1S/C22H33N3O4S/c1-30(27,28)24-20-6-4-14-25(22(26)17-7-8-17)21(20)15-29-18-11-9-16(10-12-18)19-5-2-3-13-23-19/h2-3,5,13,16-18,20-21,24H,4,6-12,14-15H2,1H3. The van der Waals surface area contributed by atoms with Gasteiger partial charge in [-0.3, -0.25) is 9.78 Å². The summed E-state index contributed by atoms with van der Waals surface area (Å²) >= 11 is 0. The van der Waals surface area contributed by atoms with Gasteiger partial charge in [-0.05, 0) is 63.5 Å². The molecule has 2 heterocycles. The van der Waals surface area contributed by atoms with Crippen molar-refractivity contribution in [1.29, 1.82) is 0 Å². The van der Waals surface area contributed by atoms with E-state index in [9.17, 15) is 13.2 Å². The molecule has 3 fully saturated rings. The molecule has 3 aliphatic rings. The number of rotatable bonds is 7. The van der Waals surface area contributed by atoms with Crippen molar-refractivity contribution in [2.45, 2.75) is 75.5 Å². The summed E-state index contributed by atoms with van der Waals surface area (Å²) in [5.74, 6) is 0.772. The molecule has 1 aromatic heterocycles. The average molecular weight is 436 g/mol. The van der Waals surface area contributed by atoms with E-state index in [-0.39, 0.29) is 30.0 Å². The second-order valence-corrected chi connectivity index (χ2v) is 10.9. The first-order valence-corrected chi connectivity index (χ1v) is 13.1. The number of sulfonamides is 1. The van der Waals surface area contributed by atoms with E-state index >= 15 is 0 Å². The van der Waals surface area contributed by atoms with Crippen molar-refractivity contribution in [3.63, 3.8) is 0 Å². The van der Waals surface area contributed by atoms with Crippen molar-refractivity contribution in [2.75, 3.05) is 19.4 Å². The summed E-state index contributed by atoms with van der Waals surface area (Å²) in [5, 5.41) is 0. The van der Waals surface area contributed by atoms with Gasteiger partial charge < -0.3 is 9.64 Å². The van der Waals surface area contributed by atoms with Gasteiger partial charge in [0.25, 0.3) is 0 Å². The molecule has 1 amide bonds. The number of ether oxygens (including phenoxy) is 1. The van der Waals surface area contributed by atoms with Crippen LogP contribution in [-0.4, -0.2) is 61.8 Å². The molecule has 1 aliphatic heterocycles. The number of carbonyl (C=O) groups excluding carboxylic acids is 1. The van der Waals surface area contributed by atoms with Crippen molar-refractivity contribution in [3.05, 3.63) is 30.1 Å². The monoisotopic (exact) mass is 435 g/mol. The molecule has 0 spiro atoms. The lowest BCUT2D eigenvalue weighted by atomic mass is 9.85. The molecular formula is C22H33N3O4S. The van der Waals surface area contributed by atoms with Crippen LogP contribution in [0.4, 0.5) is 0 Å². The van der Waals surface area contributed by atoms with Crippen molar-refractivity contribution >= 4 is 15.9 Å². The smallest absolute Gasteiger partial charge is 0.226 e. The molecule has 4 rings (SSSR count). The fraction of sp³-hybridized carbons (Fsp3) is 0.727. The number of carbonyl (C=O) groups is 1. The van der Waals surface area contributed by atoms with Crippen LogP contribution in [0.3, 0.4) is 0 Å². The topological polar surface area (TPSA) is 88.6 Å². The van der Waals surface area contributed by atoms with E-state index in [1.165, 1.54) is 6.26 Å². The predicted octanol–water partition coefficient (Wildman–Crippen LogP) is 2.44. The number of hydrogen-bond acceptors (Lipinski definition) is 5. The average Bonchev–Trinajstić information content (AvgIpc) is 3.57. The van der Waals surface area contributed by atoms with Crippen LogP contribution in [-0.2, 0) is 19.6 Å². The fourth-order valence-corrected chi connectivity index (χ4v) is 5.72. The maximum atomic E-state index is 12.8. The molecule has 0 radical (unpaired) electrons. The molecule has 0 bridgehead atoms. The second kappa shape index (κ2) is 9.32. The third kappa shape index (κ3) is 5.59. The van der Waals surface area contributed by atoms with Crippen LogP contribution >= 0.6 is 0 Å². The van der Waals surface area contributed by atoms with Gasteiger partial charge in [-0.15, -0.1) is 0 Å². The number of nitrogens with one attached hydrogen (secondary N) is 1. The zero-order chi connectivity index (χ0) is 21.1. The molecule has 2 atom stereocenters. The van der Waals surface area contributed by atoms with Crippen molar-refractivity contribution in [1.82, 2.24) is 14.6 Å². The molecule has 1 aromatic rings. The number of aromatic nitrogens is 1. The molecule has 0 aromatic carbocycles. The van der Waals surface area contributed by atoms with Gasteiger partial charge in [-0.25, -0.2) is 13.1 Å². The SMILES string of the molecule is CS(=O)(=O)NC1CCCN(C(=O)C2CC2)C1COC1CCC(c2ccccn2)CC1. The lowest BCUT2D eigenvalue weighted by Crippen LogP contribution is -2.59. The van der Waals surface area contributed by atoms with Crippen LogP contribution in [0.2, 0.25) is 0 Å². The molecule has 1 saturated heterocycles. The highest BCUT2D eigenvalue weighted by Crippen LogP contribution is 2.35. The zero-order valence-corrected chi connectivity index (χ0v) is 18.5. The minimum atomic E-state index is -3.34. The van der Waals surface area contributed by atoms with Crippen LogP contribution in [0.1, 0.15) is 63.0 Å². The van der Waals surface area contributed by atoms with Crippen molar-refractivity contribution < 1.29 is 17.9 Å². The van der Waals surface area contributed by atoms with Gasteiger partial charge in [0, 0.05) is 36.3 Å². The van der Waals surface area contributed by atoms with Gasteiger partial charge in [0.2, 0.25) is 15.9 Å². The van der Waals surface area contributed by atoms with Gasteiger partial charge in [-0.1, -0.05) is 6.07 Å². The molecule has 2 saturated carbocycles.